The Labute approximate surface area is 151 Å². The molecule has 1 atom stereocenters. The predicted molar refractivity (Wildman–Crippen MR) is 92.7 cm³/mol. The maximum absolute atomic E-state index is 12.8. The maximum Gasteiger partial charge on any atom is 0.337 e. The van der Waals surface area contributed by atoms with E-state index >= 15 is 0 Å². The number of para-hydroxylation sites is 1. The number of carbonyl (C=O) groups is 2. The molecule has 3 rings (SSSR count). The van der Waals surface area contributed by atoms with Crippen LogP contribution >= 0.6 is 0 Å². The lowest BCUT2D eigenvalue weighted by molar-refractivity contribution is -0.143. The van der Waals surface area contributed by atoms with E-state index in [4.69, 9.17) is 14.2 Å². The molecule has 7 heteroatoms. The van der Waals surface area contributed by atoms with Gasteiger partial charge in [-0.15, -0.1) is 0 Å². The van der Waals surface area contributed by atoms with Gasteiger partial charge in [0.1, 0.15) is 0 Å². The molecular weight excluding hydrogens is 338 g/mol. The highest BCUT2D eigenvalue weighted by Crippen LogP contribution is 2.46. The van der Waals surface area contributed by atoms with Crippen LogP contribution in [-0.4, -0.2) is 29.9 Å². The molecule has 0 radical (unpaired) electrons. The molecule has 1 unspecified atom stereocenters. The highest BCUT2D eigenvalue weighted by Gasteiger charge is 2.40. The molecule has 2 aliphatic heterocycles. The molecule has 2 N–H and O–H groups in total. The van der Waals surface area contributed by atoms with Crippen molar-refractivity contribution in [3.8, 4) is 11.5 Å². The van der Waals surface area contributed by atoms with Crippen molar-refractivity contribution in [2.45, 2.75) is 39.7 Å². The molecule has 0 saturated heterocycles. The number of hydrogen-bond donors (Lipinski definition) is 2. The van der Waals surface area contributed by atoms with Gasteiger partial charge in [-0.1, -0.05) is 12.1 Å². The number of rotatable bonds is 4. The van der Waals surface area contributed by atoms with Crippen molar-refractivity contribution in [1.29, 1.82) is 0 Å². The molecular formula is C19H21NO6. The zero-order valence-electron chi connectivity index (χ0n) is 15.1. The number of allylic oxidation sites excluding steroid dienone is 2. The summed E-state index contributed by atoms with van der Waals surface area (Å²) in [5.74, 6) is -1.51. The number of ether oxygens (including phenoxy) is 3. The minimum Gasteiger partial charge on any atom is -0.478 e. The second-order valence-corrected chi connectivity index (χ2v) is 6.48. The summed E-state index contributed by atoms with van der Waals surface area (Å²) in [5.41, 5.74) is 1.92. The highest BCUT2D eigenvalue weighted by atomic mass is 16.7. The van der Waals surface area contributed by atoms with Crippen LogP contribution in [0.25, 0.3) is 0 Å². The van der Waals surface area contributed by atoms with Crippen molar-refractivity contribution in [2.75, 3.05) is 6.79 Å². The van der Waals surface area contributed by atoms with E-state index in [1.807, 2.05) is 0 Å². The van der Waals surface area contributed by atoms with Crippen LogP contribution in [0.2, 0.25) is 0 Å². The molecule has 0 aromatic heterocycles. The van der Waals surface area contributed by atoms with Crippen LogP contribution in [0.4, 0.5) is 0 Å². The summed E-state index contributed by atoms with van der Waals surface area (Å²) in [4.78, 5) is 24.8. The van der Waals surface area contributed by atoms with Crippen LogP contribution in [0.5, 0.6) is 11.5 Å². The fourth-order valence-corrected chi connectivity index (χ4v) is 3.32. The number of esters is 1. The molecule has 2 aliphatic rings. The molecule has 0 aliphatic carbocycles. The third-order valence-electron chi connectivity index (χ3n) is 4.29. The van der Waals surface area contributed by atoms with Crippen LogP contribution in [-0.2, 0) is 14.3 Å². The SMILES string of the molecule is CC1=C(C(=O)O)C(c2cccc3c2OCO3)C(C(=O)OC(C)C)=C(C)N1. The fourth-order valence-electron chi connectivity index (χ4n) is 3.32. The van der Waals surface area contributed by atoms with E-state index in [1.165, 1.54) is 0 Å². The van der Waals surface area contributed by atoms with E-state index in [1.54, 1.807) is 45.9 Å². The van der Waals surface area contributed by atoms with Crippen LogP contribution in [0.3, 0.4) is 0 Å². The van der Waals surface area contributed by atoms with Gasteiger partial charge in [0.05, 0.1) is 23.2 Å². The summed E-state index contributed by atoms with van der Waals surface area (Å²) < 4.78 is 16.3. The average molecular weight is 359 g/mol. The molecule has 2 heterocycles. The Morgan fingerprint density at radius 3 is 2.54 bits per heavy atom. The number of carboxylic acid groups (broad SMARTS) is 1. The molecule has 7 nitrogen and oxygen atoms in total. The third kappa shape index (κ3) is 3.00. The number of hydrogen-bond acceptors (Lipinski definition) is 6. The molecule has 0 fully saturated rings. The highest BCUT2D eigenvalue weighted by molar-refractivity contribution is 5.99. The van der Waals surface area contributed by atoms with Crippen molar-refractivity contribution >= 4 is 11.9 Å². The van der Waals surface area contributed by atoms with E-state index in [0.717, 1.165) is 0 Å². The first kappa shape index (κ1) is 17.8. The molecule has 1 aromatic carbocycles. The molecule has 0 bridgehead atoms. The number of carboxylic acids is 1. The standard InChI is InChI=1S/C19H21NO6/c1-9(2)26-19(23)15-11(4)20-10(3)14(18(21)22)16(15)12-6-5-7-13-17(12)25-8-24-13/h5-7,9,16,20H,8H2,1-4H3,(H,21,22). The Balaban J connectivity index is 2.20. The fraction of sp³-hybridized carbons (Fsp3) is 0.368. The van der Waals surface area contributed by atoms with Gasteiger partial charge in [0.15, 0.2) is 11.5 Å². The topological polar surface area (TPSA) is 94.1 Å². The summed E-state index contributed by atoms with van der Waals surface area (Å²) in [7, 11) is 0. The van der Waals surface area contributed by atoms with Gasteiger partial charge < -0.3 is 24.6 Å². The summed E-state index contributed by atoms with van der Waals surface area (Å²) in [5, 5.41) is 12.8. The Bertz CT molecular complexity index is 836. The first-order valence-corrected chi connectivity index (χ1v) is 8.32. The van der Waals surface area contributed by atoms with Crippen LogP contribution in [0, 0.1) is 0 Å². The minimum atomic E-state index is -1.11. The number of fused-ring (bicyclic) bond motifs is 1. The molecule has 138 valence electrons. The lowest BCUT2D eigenvalue weighted by Crippen LogP contribution is -2.32. The predicted octanol–water partition coefficient (Wildman–Crippen LogP) is 2.69. The minimum absolute atomic E-state index is 0.0525. The average Bonchev–Trinajstić information content (AvgIpc) is 3.01. The third-order valence-corrected chi connectivity index (χ3v) is 4.29. The van der Waals surface area contributed by atoms with E-state index in [0.29, 0.717) is 28.5 Å². The molecule has 0 saturated carbocycles. The van der Waals surface area contributed by atoms with Gasteiger partial charge in [-0.2, -0.15) is 0 Å². The van der Waals surface area contributed by atoms with Crippen LogP contribution < -0.4 is 14.8 Å². The number of carbonyl (C=O) groups excluding carboxylic acids is 1. The van der Waals surface area contributed by atoms with Crippen molar-refractivity contribution in [3.05, 3.63) is 46.3 Å². The lowest BCUT2D eigenvalue weighted by Gasteiger charge is -2.30. The van der Waals surface area contributed by atoms with Gasteiger partial charge in [-0.05, 0) is 33.8 Å². The number of aliphatic carboxylic acids is 1. The van der Waals surface area contributed by atoms with Crippen LogP contribution in [0.1, 0.15) is 39.2 Å². The van der Waals surface area contributed by atoms with Crippen molar-refractivity contribution in [3.63, 3.8) is 0 Å². The largest absolute Gasteiger partial charge is 0.478 e. The van der Waals surface area contributed by atoms with E-state index in [9.17, 15) is 14.7 Å². The zero-order chi connectivity index (χ0) is 19.0. The monoisotopic (exact) mass is 359 g/mol. The summed E-state index contributed by atoms with van der Waals surface area (Å²) in [6.07, 6.45) is -0.329. The second kappa shape index (κ2) is 6.74. The van der Waals surface area contributed by atoms with Gasteiger partial charge in [0, 0.05) is 17.0 Å². The van der Waals surface area contributed by atoms with Gasteiger partial charge in [0.2, 0.25) is 6.79 Å². The maximum atomic E-state index is 12.8. The molecule has 0 spiro atoms. The van der Waals surface area contributed by atoms with E-state index in [2.05, 4.69) is 5.32 Å². The smallest absolute Gasteiger partial charge is 0.337 e. The Kier molecular flexibility index (Phi) is 4.63. The van der Waals surface area contributed by atoms with Crippen molar-refractivity contribution < 1.29 is 28.9 Å². The Hall–Kier alpha value is -2.96. The van der Waals surface area contributed by atoms with E-state index in [-0.39, 0.29) is 24.0 Å². The zero-order valence-corrected chi connectivity index (χ0v) is 15.1. The summed E-state index contributed by atoms with van der Waals surface area (Å²) in [6, 6.07) is 5.24. The van der Waals surface area contributed by atoms with Gasteiger partial charge in [0.25, 0.3) is 0 Å². The first-order chi connectivity index (χ1) is 12.3. The molecule has 1 aromatic rings. The van der Waals surface area contributed by atoms with Gasteiger partial charge in [-0.3, -0.25) is 0 Å². The second-order valence-electron chi connectivity index (χ2n) is 6.48. The molecule has 26 heavy (non-hydrogen) atoms. The van der Waals surface area contributed by atoms with Crippen molar-refractivity contribution in [2.24, 2.45) is 0 Å². The first-order valence-electron chi connectivity index (χ1n) is 8.32. The Morgan fingerprint density at radius 1 is 1.19 bits per heavy atom. The summed E-state index contributed by atoms with van der Waals surface area (Å²) >= 11 is 0. The number of benzene rings is 1. The van der Waals surface area contributed by atoms with Crippen LogP contribution in [0.15, 0.2) is 40.7 Å². The summed E-state index contributed by atoms with van der Waals surface area (Å²) in [6.45, 7) is 6.94. The van der Waals surface area contributed by atoms with Gasteiger partial charge >= 0.3 is 11.9 Å². The van der Waals surface area contributed by atoms with Gasteiger partial charge in [-0.25, -0.2) is 9.59 Å². The van der Waals surface area contributed by atoms with Crippen molar-refractivity contribution in [1.82, 2.24) is 5.32 Å². The normalized spacial score (nSPS) is 18.9. The number of nitrogens with one attached hydrogen (secondary N) is 1. The molecule has 0 amide bonds. The number of dihydropyridines is 1. The van der Waals surface area contributed by atoms with E-state index < -0.39 is 17.9 Å². The quantitative estimate of drug-likeness (QED) is 0.798. The Morgan fingerprint density at radius 2 is 1.88 bits per heavy atom. The lowest BCUT2D eigenvalue weighted by atomic mass is 9.80.